The van der Waals surface area contributed by atoms with Gasteiger partial charge in [0.15, 0.2) is 0 Å². The highest BCUT2D eigenvalue weighted by Crippen LogP contribution is 2.46. The van der Waals surface area contributed by atoms with Crippen LogP contribution in [0.2, 0.25) is 0 Å². The lowest BCUT2D eigenvalue weighted by molar-refractivity contribution is -0.00778. The van der Waals surface area contributed by atoms with Crippen LogP contribution in [0.5, 0.6) is 11.5 Å². The molecule has 1 aliphatic carbocycles. The van der Waals surface area contributed by atoms with Crippen molar-refractivity contribution in [3.05, 3.63) is 23.8 Å². The smallest absolute Gasteiger partial charge is 0.129 e. The largest absolute Gasteiger partial charge is 0.497 e. The lowest BCUT2D eigenvalue weighted by Crippen LogP contribution is -2.44. The van der Waals surface area contributed by atoms with Gasteiger partial charge in [0.25, 0.3) is 0 Å². The molecule has 1 aromatic rings. The van der Waals surface area contributed by atoms with Crippen LogP contribution in [0, 0.1) is 0 Å². The maximum atomic E-state index is 10.5. The molecule has 1 N–H and O–H groups in total. The first-order valence-electron chi connectivity index (χ1n) is 7.48. The average Bonchev–Trinajstić information content (AvgIpc) is 3.22. The molecule has 2 atom stereocenters. The highest BCUT2D eigenvalue weighted by atomic mass is 16.5. The van der Waals surface area contributed by atoms with Crippen LogP contribution in [0.15, 0.2) is 18.2 Å². The van der Waals surface area contributed by atoms with Gasteiger partial charge in [0.05, 0.1) is 13.2 Å². The molecular weight excluding hydrogens is 254 g/mol. The molecule has 0 amide bonds. The minimum absolute atomic E-state index is 0.207. The van der Waals surface area contributed by atoms with Gasteiger partial charge in [-0.25, -0.2) is 0 Å². The molecular formula is C16H21NO3. The first-order chi connectivity index (χ1) is 9.69. The van der Waals surface area contributed by atoms with Gasteiger partial charge < -0.3 is 14.6 Å². The molecule has 0 radical (unpaired) electrons. The summed E-state index contributed by atoms with van der Waals surface area (Å²) in [7, 11) is 1.65. The number of aliphatic hydroxyl groups excluding tert-OH is 1. The second-order valence-electron chi connectivity index (χ2n) is 6.36. The Balaban J connectivity index is 1.62. The highest BCUT2D eigenvalue weighted by Gasteiger charge is 2.48. The van der Waals surface area contributed by atoms with Crippen molar-refractivity contribution in [3.63, 3.8) is 0 Å². The van der Waals surface area contributed by atoms with Crippen molar-refractivity contribution in [2.45, 2.75) is 43.4 Å². The fraction of sp³-hybridized carbons (Fsp3) is 0.625. The van der Waals surface area contributed by atoms with Gasteiger partial charge in [0, 0.05) is 43.6 Å². The minimum Gasteiger partial charge on any atom is -0.497 e. The first kappa shape index (κ1) is 12.5. The molecule has 4 nitrogen and oxygen atoms in total. The molecule has 108 valence electrons. The quantitative estimate of drug-likeness (QED) is 0.897. The van der Waals surface area contributed by atoms with E-state index in [1.165, 1.54) is 12.8 Å². The van der Waals surface area contributed by atoms with Gasteiger partial charge in [-0.15, -0.1) is 0 Å². The Morgan fingerprint density at radius 3 is 3.00 bits per heavy atom. The lowest BCUT2D eigenvalue weighted by atomic mass is 9.88. The van der Waals surface area contributed by atoms with E-state index in [1.54, 1.807) is 7.11 Å². The van der Waals surface area contributed by atoms with Gasteiger partial charge in [0.1, 0.15) is 17.1 Å². The van der Waals surface area contributed by atoms with Crippen molar-refractivity contribution < 1.29 is 14.6 Å². The fourth-order valence-corrected chi connectivity index (χ4v) is 3.62. The Labute approximate surface area is 119 Å². The van der Waals surface area contributed by atoms with Gasteiger partial charge in [-0.2, -0.15) is 0 Å². The van der Waals surface area contributed by atoms with Crippen LogP contribution in [-0.2, 0) is 0 Å². The standard InChI is InChI=1S/C16H21NO3/c1-19-12-4-5-13-14(18)9-16(20-15(13)8-12)6-7-17(10-16)11-2-3-11/h4-5,8,11,14,18H,2-3,6-7,9-10H2,1H3. The Morgan fingerprint density at radius 2 is 2.25 bits per heavy atom. The Morgan fingerprint density at radius 1 is 1.40 bits per heavy atom. The number of methoxy groups -OCH3 is 1. The summed E-state index contributed by atoms with van der Waals surface area (Å²) >= 11 is 0. The molecule has 2 heterocycles. The van der Waals surface area contributed by atoms with Crippen LogP contribution in [0.1, 0.15) is 37.4 Å². The van der Waals surface area contributed by atoms with E-state index in [0.717, 1.165) is 42.6 Å². The maximum absolute atomic E-state index is 10.5. The topological polar surface area (TPSA) is 41.9 Å². The molecule has 1 spiro atoms. The van der Waals surface area contributed by atoms with Crippen molar-refractivity contribution in [2.75, 3.05) is 20.2 Å². The molecule has 0 bridgehead atoms. The molecule has 3 aliphatic rings. The monoisotopic (exact) mass is 275 g/mol. The van der Waals surface area contributed by atoms with Crippen LogP contribution in [-0.4, -0.2) is 41.8 Å². The number of fused-ring (bicyclic) bond motifs is 1. The zero-order chi connectivity index (χ0) is 13.7. The van der Waals surface area contributed by atoms with Crippen LogP contribution < -0.4 is 9.47 Å². The number of rotatable bonds is 2. The zero-order valence-electron chi connectivity index (χ0n) is 11.8. The van der Waals surface area contributed by atoms with E-state index >= 15 is 0 Å². The first-order valence-corrected chi connectivity index (χ1v) is 7.48. The van der Waals surface area contributed by atoms with E-state index in [4.69, 9.17) is 9.47 Å². The van der Waals surface area contributed by atoms with E-state index in [9.17, 15) is 5.11 Å². The SMILES string of the molecule is COc1ccc2c(c1)OC1(CCN(C3CC3)C1)CC2O. The normalized spacial score (nSPS) is 33.0. The summed E-state index contributed by atoms with van der Waals surface area (Å²) in [6.45, 7) is 2.04. The van der Waals surface area contributed by atoms with E-state index in [-0.39, 0.29) is 5.60 Å². The van der Waals surface area contributed by atoms with Crippen molar-refractivity contribution in [1.29, 1.82) is 0 Å². The fourth-order valence-electron chi connectivity index (χ4n) is 3.62. The second kappa shape index (κ2) is 4.37. The van der Waals surface area contributed by atoms with E-state index in [1.807, 2.05) is 18.2 Å². The van der Waals surface area contributed by atoms with E-state index in [2.05, 4.69) is 4.90 Å². The Kier molecular flexibility index (Phi) is 2.72. The van der Waals surface area contributed by atoms with Crippen molar-refractivity contribution in [1.82, 2.24) is 4.90 Å². The second-order valence-corrected chi connectivity index (χ2v) is 6.36. The number of ether oxygens (including phenoxy) is 2. The van der Waals surface area contributed by atoms with Gasteiger partial charge in [-0.3, -0.25) is 4.90 Å². The molecule has 4 rings (SSSR count). The molecule has 20 heavy (non-hydrogen) atoms. The molecule has 0 aromatic heterocycles. The summed E-state index contributed by atoms with van der Waals surface area (Å²) in [6.07, 6.45) is 3.93. The van der Waals surface area contributed by atoms with E-state index < -0.39 is 6.10 Å². The summed E-state index contributed by atoms with van der Waals surface area (Å²) in [5.41, 5.74) is 0.683. The summed E-state index contributed by atoms with van der Waals surface area (Å²) in [5.74, 6) is 1.57. The Bertz CT molecular complexity index is 528. The summed E-state index contributed by atoms with van der Waals surface area (Å²) in [5, 5.41) is 10.5. The van der Waals surface area contributed by atoms with Gasteiger partial charge >= 0.3 is 0 Å². The predicted octanol–water partition coefficient (Wildman–Crippen LogP) is 2.12. The third-order valence-electron chi connectivity index (χ3n) is 4.88. The van der Waals surface area contributed by atoms with Crippen LogP contribution in [0.25, 0.3) is 0 Å². The van der Waals surface area contributed by atoms with Crippen molar-refractivity contribution in [3.8, 4) is 11.5 Å². The third-order valence-corrected chi connectivity index (χ3v) is 4.88. The zero-order valence-corrected chi connectivity index (χ0v) is 11.8. The molecule has 1 saturated carbocycles. The molecule has 1 aromatic carbocycles. The van der Waals surface area contributed by atoms with Gasteiger partial charge in [0.2, 0.25) is 0 Å². The van der Waals surface area contributed by atoms with Gasteiger partial charge in [-0.1, -0.05) is 0 Å². The number of nitrogens with zero attached hydrogens (tertiary/aromatic N) is 1. The number of hydrogen-bond donors (Lipinski definition) is 1. The van der Waals surface area contributed by atoms with Crippen LogP contribution >= 0.6 is 0 Å². The maximum Gasteiger partial charge on any atom is 0.129 e. The number of hydrogen-bond acceptors (Lipinski definition) is 4. The molecule has 2 aliphatic heterocycles. The lowest BCUT2D eigenvalue weighted by Gasteiger charge is -2.38. The van der Waals surface area contributed by atoms with Crippen LogP contribution in [0.3, 0.4) is 0 Å². The number of benzene rings is 1. The van der Waals surface area contributed by atoms with Gasteiger partial charge in [-0.05, 0) is 25.0 Å². The summed E-state index contributed by atoms with van der Waals surface area (Å²) in [4.78, 5) is 2.53. The third kappa shape index (κ3) is 1.98. The van der Waals surface area contributed by atoms with Crippen LogP contribution in [0.4, 0.5) is 0 Å². The molecule has 1 saturated heterocycles. The van der Waals surface area contributed by atoms with E-state index in [0.29, 0.717) is 6.42 Å². The van der Waals surface area contributed by atoms with Crippen molar-refractivity contribution >= 4 is 0 Å². The average molecular weight is 275 g/mol. The Hall–Kier alpha value is -1.26. The molecule has 2 unspecified atom stereocenters. The molecule has 2 fully saturated rings. The predicted molar refractivity (Wildman–Crippen MR) is 75.1 cm³/mol. The highest BCUT2D eigenvalue weighted by molar-refractivity contribution is 5.44. The summed E-state index contributed by atoms with van der Waals surface area (Å²) < 4.78 is 11.6. The number of likely N-dealkylation sites (tertiary alicyclic amines) is 1. The van der Waals surface area contributed by atoms with Crippen molar-refractivity contribution in [2.24, 2.45) is 0 Å². The summed E-state index contributed by atoms with van der Waals surface area (Å²) in [6, 6.07) is 6.47. The number of aliphatic hydroxyl groups is 1. The molecule has 4 heteroatoms. The minimum atomic E-state index is -0.427.